The van der Waals surface area contributed by atoms with Gasteiger partial charge in [-0.25, -0.2) is 0 Å². The lowest BCUT2D eigenvalue weighted by Crippen LogP contribution is -2.44. The normalized spacial score (nSPS) is 16.5. The van der Waals surface area contributed by atoms with Crippen molar-refractivity contribution in [2.75, 3.05) is 19.8 Å². The number of benzene rings is 1. The van der Waals surface area contributed by atoms with Gasteiger partial charge in [0, 0.05) is 11.0 Å². The molecule has 0 saturated carbocycles. The summed E-state index contributed by atoms with van der Waals surface area (Å²) in [6.45, 7) is 4.49. The molecule has 0 amide bonds. The van der Waals surface area contributed by atoms with Gasteiger partial charge in [0.05, 0.1) is 30.8 Å². The highest BCUT2D eigenvalue weighted by Crippen LogP contribution is 2.32. The average Bonchev–Trinajstić information content (AvgIpc) is 2.93. The highest BCUT2D eigenvalue weighted by molar-refractivity contribution is 9.10. The van der Waals surface area contributed by atoms with E-state index in [9.17, 15) is 0 Å². The number of hydrogen-bond acceptors (Lipinski definition) is 6. The molecule has 1 fully saturated rings. The van der Waals surface area contributed by atoms with Crippen LogP contribution in [0.1, 0.15) is 12.8 Å². The molecule has 7 heteroatoms. The molecule has 1 aliphatic heterocycles. The predicted molar refractivity (Wildman–Crippen MR) is 79.7 cm³/mol. The van der Waals surface area contributed by atoms with Crippen molar-refractivity contribution in [2.45, 2.75) is 13.5 Å². The van der Waals surface area contributed by atoms with Crippen LogP contribution in [0.3, 0.4) is 0 Å². The summed E-state index contributed by atoms with van der Waals surface area (Å²) in [6.07, 6.45) is 0. The second-order valence-electron chi connectivity index (χ2n) is 5.45. The van der Waals surface area contributed by atoms with Gasteiger partial charge >= 0.3 is 0 Å². The zero-order valence-electron chi connectivity index (χ0n) is 11.6. The molecule has 1 aliphatic rings. The van der Waals surface area contributed by atoms with Crippen molar-refractivity contribution in [2.24, 2.45) is 11.1 Å². The molecular weight excluding hydrogens is 338 g/mol. The molecule has 2 heterocycles. The lowest BCUT2D eigenvalue weighted by molar-refractivity contribution is -0.120. The van der Waals surface area contributed by atoms with Gasteiger partial charge in [0.15, 0.2) is 0 Å². The summed E-state index contributed by atoms with van der Waals surface area (Å²) in [5, 5.41) is 3.89. The molecule has 0 unspecified atom stereocenters. The first-order valence-electron chi connectivity index (χ1n) is 6.63. The molecule has 0 radical (unpaired) electrons. The molecule has 0 bridgehead atoms. The van der Waals surface area contributed by atoms with Crippen LogP contribution in [0.2, 0.25) is 0 Å². The summed E-state index contributed by atoms with van der Waals surface area (Å²) in [5.41, 5.74) is 6.41. The second kappa shape index (κ2) is 5.75. The summed E-state index contributed by atoms with van der Waals surface area (Å²) in [7, 11) is 0. The van der Waals surface area contributed by atoms with E-state index in [2.05, 4.69) is 33.0 Å². The molecule has 2 N–H and O–H groups in total. The molecule has 0 spiro atoms. The Morgan fingerprint density at radius 2 is 2.24 bits per heavy atom. The van der Waals surface area contributed by atoms with Gasteiger partial charge in [0.25, 0.3) is 0 Å². The third kappa shape index (κ3) is 3.09. The quantitative estimate of drug-likeness (QED) is 0.888. The van der Waals surface area contributed by atoms with Crippen molar-refractivity contribution in [1.82, 2.24) is 10.1 Å². The number of ether oxygens (including phenoxy) is 2. The average molecular weight is 354 g/mol. The second-order valence-corrected chi connectivity index (χ2v) is 6.31. The summed E-state index contributed by atoms with van der Waals surface area (Å²) in [6, 6.07) is 5.69. The molecule has 3 rings (SSSR count). The number of rotatable bonds is 5. The van der Waals surface area contributed by atoms with E-state index in [0.717, 1.165) is 29.0 Å². The van der Waals surface area contributed by atoms with E-state index in [0.29, 0.717) is 18.3 Å². The van der Waals surface area contributed by atoms with Gasteiger partial charge in [-0.15, -0.1) is 0 Å². The molecule has 1 aromatic heterocycles. The SMILES string of the molecule is CC1(COc2ccc(-c3noc(CN)n3)cc2Br)COC1. The fraction of sp³-hybridized carbons (Fsp3) is 0.429. The Balaban J connectivity index is 1.73. The van der Waals surface area contributed by atoms with Crippen molar-refractivity contribution in [3.05, 3.63) is 28.6 Å². The van der Waals surface area contributed by atoms with Gasteiger partial charge in [-0.3, -0.25) is 0 Å². The van der Waals surface area contributed by atoms with Crippen LogP contribution >= 0.6 is 15.9 Å². The van der Waals surface area contributed by atoms with E-state index in [1.165, 1.54) is 0 Å². The van der Waals surface area contributed by atoms with Gasteiger partial charge in [0.2, 0.25) is 11.7 Å². The third-order valence-electron chi connectivity index (χ3n) is 3.31. The first kappa shape index (κ1) is 14.5. The van der Waals surface area contributed by atoms with Crippen molar-refractivity contribution in [3.8, 4) is 17.1 Å². The minimum Gasteiger partial charge on any atom is -0.492 e. The molecular formula is C14H16BrN3O3. The van der Waals surface area contributed by atoms with E-state index in [4.69, 9.17) is 19.7 Å². The van der Waals surface area contributed by atoms with E-state index >= 15 is 0 Å². The zero-order chi connectivity index (χ0) is 14.9. The lowest BCUT2D eigenvalue weighted by Gasteiger charge is -2.37. The Hall–Kier alpha value is -1.44. The maximum absolute atomic E-state index is 5.85. The van der Waals surface area contributed by atoms with Gasteiger partial charge < -0.3 is 19.7 Å². The van der Waals surface area contributed by atoms with Crippen LogP contribution in [0.25, 0.3) is 11.4 Å². The highest BCUT2D eigenvalue weighted by Gasteiger charge is 2.34. The van der Waals surface area contributed by atoms with Gasteiger partial charge in [-0.1, -0.05) is 12.1 Å². The largest absolute Gasteiger partial charge is 0.492 e. The fourth-order valence-electron chi connectivity index (χ4n) is 2.00. The summed E-state index contributed by atoms with van der Waals surface area (Å²) < 4.78 is 16.9. The van der Waals surface area contributed by atoms with Crippen molar-refractivity contribution in [3.63, 3.8) is 0 Å². The number of nitrogens with two attached hydrogens (primary N) is 1. The van der Waals surface area contributed by atoms with Crippen LogP contribution < -0.4 is 10.5 Å². The van der Waals surface area contributed by atoms with E-state index in [1.54, 1.807) is 0 Å². The van der Waals surface area contributed by atoms with Crippen LogP contribution in [0.15, 0.2) is 27.2 Å². The number of nitrogens with zero attached hydrogens (tertiary/aromatic N) is 2. The van der Waals surface area contributed by atoms with Gasteiger partial charge in [0.1, 0.15) is 5.75 Å². The van der Waals surface area contributed by atoms with Crippen molar-refractivity contribution in [1.29, 1.82) is 0 Å². The molecule has 2 aromatic rings. The number of hydrogen-bond donors (Lipinski definition) is 1. The van der Waals surface area contributed by atoms with Crippen LogP contribution in [-0.2, 0) is 11.3 Å². The molecule has 21 heavy (non-hydrogen) atoms. The van der Waals surface area contributed by atoms with Gasteiger partial charge in [-0.2, -0.15) is 4.98 Å². The van der Waals surface area contributed by atoms with Crippen LogP contribution in [0.5, 0.6) is 5.75 Å². The molecule has 1 aromatic carbocycles. The van der Waals surface area contributed by atoms with E-state index < -0.39 is 0 Å². The lowest BCUT2D eigenvalue weighted by atomic mass is 9.90. The highest BCUT2D eigenvalue weighted by atomic mass is 79.9. The standard InChI is InChI=1S/C14H16BrN3O3/c1-14(6-19-7-14)8-20-11-3-2-9(4-10(11)15)13-17-12(5-16)21-18-13/h2-4H,5-8,16H2,1H3. The predicted octanol–water partition coefficient (Wildman–Crippen LogP) is 2.37. The fourth-order valence-corrected chi connectivity index (χ4v) is 2.49. The molecule has 6 nitrogen and oxygen atoms in total. The van der Waals surface area contributed by atoms with Crippen LogP contribution in [-0.4, -0.2) is 30.0 Å². The molecule has 0 aliphatic carbocycles. The Morgan fingerprint density at radius 1 is 1.43 bits per heavy atom. The van der Waals surface area contributed by atoms with E-state index in [1.807, 2.05) is 18.2 Å². The zero-order valence-corrected chi connectivity index (χ0v) is 13.2. The Kier molecular flexibility index (Phi) is 3.97. The number of halogens is 1. The maximum Gasteiger partial charge on any atom is 0.240 e. The molecule has 0 atom stereocenters. The van der Waals surface area contributed by atoms with Crippen molar-refractivity contribution >= 4 is 15.9 Å². The maximum atomic E-state index is 5.85. The van der Waals surface area contributed by atoms with E-state index in [-0.39, 0.29) is 12.0 Å². The molecule has 112 valence electrons. The summed E-state index contributed by atoms with van der Waals surface area (Å²) in [4.78, 5) is 4.20. The Bertz CT molecular complexity index is 640. The van der Waals surface area contributed by atoms with Gasteiger partial charge in [-0.05, 0) is 34.1 Å². The van der Waals surface area contributed by atoms with Crippen molar-refractivity contribution < 1.29 is 14.0 Å². The Morgan fingerprint density at radius 3 is 2.81 bits per heavy atom. The minimum absolute atomic E-state index is 0.113. The number of aromatic nitrogens is 2. The topological polar surface area (TPSA) is 83.4 Å². The third-order valence-corrected chi connectivity index (χ3v) is 3.93. The Labute approximate surface area is 130 Å². The minimum atomic E-state index is 0.113. The first-order valence-corrected chi connectivity index (χ1v) is 7.42. The van der Waals surface area contributed by atoms with Crippen LogP contribution in [0, 0.1) is 5.41 Å². The molecule has 1 saturated heterocycles. The summed E-state index contributed by atoms with van der Waals surface area (Å²) in [5.74, 6) is 1.72. The van der Waals surface area contributed by atoms with Crippen LogP contribution in [0.4, 0.5) is 0 Å². The summed E-state index contributed by atoms with van der Waals surface area (Å²) >= 11 is 3.51. The monoisotopic (exact) mass is 353 g/mol. The smallest absolute Gasteiger partial charge is 0.240 e. The first-order chi connectivity index (χ1) is 10.1.